The topological polar surface area (TPSA) is 105 Å². The first-order chi connectivity index (χ1) is 13.3. The van der Waals surface area contributed by atoms with Crippen LogP contribution < -0.4 is 10.5 Å². The number of carbonyl (C=O) groups excluding carboxylic acids is 1. The minimum Gasteiger partial charge on any atom is -0.481 e. The Morgan fingerprint density at radius 3 is 3.00 bits per heavy atom. The zero-order chi connectivity index (χ0) is 19.8. The third-order valence-electron chi connectivity index (χ3n) is 7.22. The molecule has 0 aromatic heterocycles. The molecule has 4 N–H and O–H groups in total. The van der Waals surface area contributed by atoms with E-state index in [9.17, 15) is 15.0 Å². The number of ether oxygens (including phenoxy) is 2. The number of piperidine rings is 1. The lowest BCUT2D eigenvalue weighted by Crippen LogP contribution is -2.74. The van der Waals surface area contributed by atoms with E-state index in [0.29, 0.717) is 29.9 Å². The van der Waals surface area contributed by atoms with Gasteiger partial charge >= 0.3 is 5.97 Å². The number of aliphatic hydroxyl groups excluding tert-OH is 1. The van der Waals surface area contributed by atoms with Gasteiger partial charge in [0.2, 0.25) is 0 Å². The summed E-state index contributed by atoms with van der Waals surface area (Å²) in [5.41, 5.74) is 6.79. The molecule has 5 atom stereocenters. The molecule has 28 heavy (non-hydrogen) atoms. The van der Waals surface area contributed by atoms with Crippen molar-refractivity contribution in [2.24, 2.45) is 5.73 Å². The lowest BCUT2D eigenvalue weighted by molar-refractivity contribution is -0.169. The maximum absolute atomic E-state index is 12.2. The average molecular weight is 386 g/mol. The molecular formula is C21H26N2O5. The molecule has 7 nitrogen and oxygen atoms in total. The van der Waals surface area contributed by atoms with Gasteiger partial charge in [0.15, 0.2) is 6.10 Å². The summed E-state index contributed by atoms with van der Waals surface area (Å²) >= 11 is 0. The predicted molar refractivity (Wildman–Crippen MR) is 101 cm³/mol. The van der Waals surface area contributed by atoms with Gasteiger partial charge in [-0.25, -0.2) is 4.79 Å². The quantitative estimate of drug-likeness (QED) is 0.644. The smallest absolute Gasteiger partial charge is 0.327 e. The molecule has 4 aliphatic rings. The molecule has 0 radical (unpaired) electrons. The fraction of sp³-hybridized carbons (Fsp3) is 0.571. The first-order valence-electron chi connectivity index (χ1n) is 9.86. The second-order valence-corrected chi connectivity index (χ2v) is 8.61. The summed E-state index contributed by atoms with van der Waals surface area (Å²) in [6.45, 7) is 2.24. The first kappa shape index (κ1) is 18.1. The summed E-state index contributed by atoms with van der Waals surface area (Å²) in [5, 5.41) is 21.9. The predicted octanol–water partition coefficient (Wildman–Crippen LogP) is 0.347. The highest BCUT2D eigenvalue weighted by Crippen LogP contribution is 2.64. The van der Waals surface area contributed by atoms with E-state index in [4.69, 9.17) is 15.2 Å². The normalized spacial score (nSPS) is 36.2. The van der Waals surface area contributed by atoms with E-state index in [1.807, 2.05) is 19.2 Å². The fourth-order valence-electron chi connectivity index (χ4n) is 5.84. The van der Waals surface area contributed by atoms with E-state index >= 15 is 0 Å². The number of hydrogen-bond acceptors (Lipinski definition) is 7. The van der Waals surface area contributed by atoms with Crippen LogP contribution in [0.2, 0.25) is 0 Å². The fourth-order valence-corrected chi connectivity index (χ4v) is 5.84. The van der Waals surface area contributed by atoms with Gasteiger partial charge in [0, 0.05) is 23.6 Å². The SMILES string of the molecule is C[C@H](N)C(=O)OC1=CC[C@@]2(O)[C@H]3Cc4ccc(CO)c5c4[C@@]2(CCN3C)[C@H]1O5. The second kappa shape index (κ2) is 5.79. The molecule has 0 unspecified atom stereocenters. The maximum Gasteiger partial charge on any atom is 0.327 e. The third-order valence-corrected chi connectivity index (χ3v) is 7.22. The molecule has 1 spiro atoms. The van der Waals surface area contributed by atoms with E-state index in [0.717, 1.165) is 24.1 Å². The number of carbonyl (C=O) groups is 1. The molecule has 1 saturated heterocycles. The monoisotopic (exact) mass is 386 g/mol. The number of nitrogens with two attached hydrogens (primary N) is 1. The summed E-state index contributed by atoms with van der Waals surface area (Å²) in [4.78, 5) is 14.4. The molecule has 7 heteroatoms. The van der Waals surface area contributed by atoms with Gasteiger partial charge in [-0.3, -0.25) is 0 Å². The summed E-state index contributed by atoms with van der Waals surface area (Å²) in [5.74, 6) is 0.537. The van der Waals surface area contributed by atoms with Crippen LogP contribution in [0.3, 0.4) is 0 Å². The Bertz CT molecular complexity index is 897. The van der Waals surface area contributed by atoms with Gasteiger partial charge in [0.05, 0.1) is 17.6 Å². The Morgan fingerprint density at radius 2 is 2.29 bits per heavy atom. The van der Waals surface area contributed by atoms with Crippen LogP contribution in [0, 0.1) is 0 Å². The van der Waals surface area contributed by atoms with E-state index < -0.39 is 29.1 Å². The van der Waals surface area contributed by atoms with E-state index in [-0.39, 0.29) is 12.6 Å². The van der Waals surface area contributed by atoms with Crippen molar-refractivity contribution in [1.29, 1.82) is 0 Å². The van der Waals surface area contributed by atoms with Crippen molar-refractivity contribution in [1.82, 2.24) is 4.90 Å². The van der Waals surface area contributed by atoms with Crippen LogP contribution in [0.25, 0.3) is 0 Å². The first-order valence-corrected chi connectivity index (χ1v) is 9.86. The van der Waals surface area contributed by atoms with E-state index in [2.05, 4.69) is 4.90 Å². The third kappa shape index (κ3) is 2.00. The summed E-state index contributed by atoms with van der Waals surface area (Å²) < 4.78 is 12.0. The number of esters is 1. The Balaban J connectivity index is 1.72. The van der Waals surface area contributed by atoms with Crippen molar-refractivity contribution in [2.75, 3.05) is 13.6 Å². The molecule has 2 aliphatic carbocycles. The molecule has 1 fully saturated rings. The molecule has 150 valence electrons. The van der Waals surface area contributed by atoms with Gasteiger partial charge in [-0.1, -0.05) is 12.1 Å². The van der Waals surface area contributed by atoms with Crippen molar-refractivity contribution >= 4 is 5.97 Å². The Hall–Kier alpha value is -1.93. The van der Waals surface area contributed by atoms with Crippen LogP contribution >= 0.6 is 0 Å². The van der Waals surface area contributed by atoms with Gasteiger partial charge in [0.25, 0.3) is 0 Å². The summed E-state index contributed by atoms with van der Waals surface area (Å²) in [6, 6.07) is 3.13. The highest BCUT2D eigenvalue weighted by atomic mass is 16.6. The summed E-state index contributed by atoms with van der Waals surface area (Å²) in [6.07, 6.45) is 2.97. The maximum atomic E-state index is 12.2. The van der Waals surface area contributed by atoms with Gasteiger partial charge in [-0.2, -0.15) is 0 Å². The van der Waals surface area contributed by atoms with Crippen LogP contribution in [0.1, 0.15) is 36.5 Å². The Labute approximate surface area is 163 Å². The van der Waals surface area contributed by atoms with Crippen molar-refractivity contribution in [3.63, 3.8) is 0 Å². The number of aliphatic hydroxyl groups is 2. The molecule has 0 amide bonds. The average Bonchev–Trinajstić information content (AvgIpc) is 3.02. The van der Waals surface area contributed by atoms with E-state index in [1.165, 1.54) is 0 Å². The zero-order valence-corrected chi connectivity index (χ0v) is 16.1. The molecule has 1 aromatic rings. The van der Waals surface area contributed by atoms with Crippen molar-refractivity contribution in [2.45, 2.75) is 62.0 Å². The van der Waals surface area contributed by atoms with Crippen molar-refractivity contribution in [3.05, 3.63) is 40.7 Å². The van der Waals surface area contributed by atoms with Gasteiger partial charge in [-0.05, 0) is 45.0 Å². The van der Waals surface area contributed by atoms with Crippen LogP contribution in [0.15, 0.2) is 24.0 Å². The minimum atomic E-state index is -1.03. The molecular weight excluding hydrogens is 360 g/mol. The highest BCUT2D eigenvalue weighted by molar-refractivity contribution is 5.76. The number of nitrogens with zero attached hydrogens (tertiary/aromatic N) is 1. The lowest BCUT2D eigenvalue weighted by atomic mass is 9.50. The van der Waals surface area contributed by atoms with Gasteiger partial charge < -0.3 is 30.3 Å². The lowest BCUT2D eigenvalue weighted by Gasteiger charge is -2.61. The standard InChI is InChI=1S/C21H26N2O5/c1-11(22)19(25)27-14-5-6-21(26)15-9-12-3-4-13(10-24)17-16(12)20(21,18(14)28-17)7-8-23(15)2/h3-5,11,15,18,24,26H,6-10,22H2,1-2H3/t11-,15+,18-,20-,21+/m0/s1. The Morgan fingerprint density at radius 1 is 1.50 bits per heavy atom. The zero-order valence-electron chi connectivity index (χ0n) is 16.1. The molecule has 0 saturated carbocycles. The molecule has 2 heterocycles. The summed E-state index contributed by atoms with van der Waals surface area (Å²) in [7, 11) is 2.05. The molecule has 2 bridgehead atoms. The number of hydrogen-bond donors (Lipinski definition) is 3. The van der Waals surface area contributed by atoms with Gasteiger partial charge in [0.1, 0.15) is 17.6 Å². The number of rotatable bonds is 3. The van der Waals surface area contributed by atoms with Gasteiger partial charge in [-0.15, -0.1) is 0 Å². The molecule has 5 rings (SSSR count). The van der Waals surface area contributed by atoms with Crippen LogP contribution in [-0.4, -0.2) is 58.5 Å². The molecule has 2 aliphatic heterocycles. The number of likely N-dealkylation sites (N-methyl/N-ethyl adjacent to an activating group) is 1. The van der Waals surface area contributed by atoms with Crippen LogP contribution in [0.4, 0.5) is 0 Å². The van der Waals surface area contributed by atoms with Crippen molar-refractivity contribution in [3.8, 4) is 5.75 Å². The largest absolute Gasteiger partial charge is 0.481 e. The Kier molecular flexibility index (Phi) is 3.75. The highest BCUT2D eigenvalue weighted by Gasteiger charge is 2.71. The number of likely N-dealkylation sites (tertiary alicyclic amines) is 1. The molecule has 1 aromatic carbocycles. The van der Waals surface area contributed by atoms with E-state index in [1.54, 1.807) is 13.0 Å². The van der Waals surface area contributed by atoms with Crippen molar-refractivity contribution < 1.29 is 24.5 Å². The van der Waals surface area contributed by atoms with Crippen LogP contribution in [-0.2, 0) is 28.0 Å². The second-order valence-electron chi connectivity index (χ2n) is 8.61. The number of benzene rings is 1. The minimum absolute atomic E-state index is 0.0484. The van der Waals surface area contributed by atoms with Crippen LogP contribution in [0.5, 0.6) is 5.75 Å².